The molecule has 4 aromatic rings. The number of thiophene rings is 1. The fourth-order valence-electron chi connectivity index (χ4n) is 3.18. The third kappa shape index (κ3) is 3.84. The molecule has 0 atom stereocenters. The molecule has 0 radical (unpaired) electrons. The van der Waals surface area contributed by atoms with E-state index >= 15 is 0 Å². The van der Waals surface area contributed by atoms with E-state index in [1.165, 1.54) is 22.2 Å². The van der Waals surface area contributed by atoms with E-state index in [1.54, 1.807) is 12.1 Å². The number of ether oxygens (including phenoxy) is 1. The second-order valence-electron chi connectivity index (χ2n) is 6.75. The van der Waals surface area contributed by atoms with Crippen LogP contribution in [0.2, 0.25) is 0 Å². The van der Waals surface area contributed by atoms with Crippen molar-refractivity contribution in [3.05, 3.63) is 81.7 Å². The predicted molar refractivity (Wildman–Crippen MR) is 116 cm³/mol. The van der Waals surface area contributed by atoms with Gasteiger partial charge in [-0.05, 0) is 31.5 Å². The number of hydrogen-bond donors (Lipinski definition) is 0. The Balaban J connectivity index is 1.70. The Morgan fingerprint density at radius 3 is 2.52 bits per heavy atom. The van der Waals surface area contributed by atoms with Gasteiger partial charge in [-0.15, -0.1) is 11.3 Å². The average Bonchev–Trinajstić information content (AvgIpc) is 3.16. The van der Waals surface area contributed by atoms with Gasteiger partial charge in [0.15, 0.2) is 5.78 Å². The van der Waals surface area contributed by atoms with Crippen LogP contribution in [0, 0.1) is 6.92 Å². The van der Waals surface area contributed by atoms with Gasteiger partial charge in [-0.25, -0.2) is 4.98 Å². The largest absolute Gasteiger partial charge is 0.494 e. The van der Waals surface area contributed by atoms with E-state index in [1.807, 2.05) is 55.6 Å². The fraction of sp³-hybridized carbons (Fsp3) is 0.174. The summed E-state index contributed by atoms with van der Waals surface area (Å²) < 4.78 is 6.87. The van der Waals surface area contributed by atoms with Crippen molar-refractivity contribution in [1.82, 2.24) is 9.55 Å². The molecule has 2 aromatic carbocycles. The molecule has 29 heavy (non-hydrogen) atoms. The molecule has 0 aliphatic carbocycles. The zero-order valence-electron chi connectivity index (χ0n) is 16.2. The Labute approximate surface area is 172 Å². The van der Waals surface area contributed by atoms with Crippen LogP contribution in [-0.4, -0.2) is 21.9 Å². The van der Waals surface area contributed by atoms with Crippen LogP contribution in [0.1, 0.15) is 22.8 Å². The number of Topliss-reactive ketones (excluding diaryl/α,β-unsaturated/α-hetero) is 1. The maximum Gasteiger partial charge on any atom is 0.263 e. The van der Waals surface area contributed by atoms with E-state index < -0.39 is 0 Å². The molecule has 5 nitrogen and oxygen atoms in total. The van der Waals surface area contributed by atoms with Crippen LogP contribution in [0.4, 0.5) is 0 Å². The van der Waals surface area contributed by atoms with Crippen LogP contribution >= 0.6 is 11.3 Å². The topological polar surface area (TPSA) is 61.2 Å². The van der Waals surface area contributed by atoms with E-state index in [2.05, 4.69) is 4.98 Å². The Morgan fingerprint density at radius 2 is 1.83 bits per heavy atom. The molecule has 0 saturated carbocycles. The van der Waals surface area contributed by atoms with E-state index in [4.69, 9.17) is 4.74 Å². The molecule has 2 aromatic heterocycles. The number of fused-ring (bicyclic) bond motifs is 1. The lowest BCUT2D eigenvalue weighted by Gasteiger charge is -2.07. The van der Waals surface area contributed by atoms with Crippen molar-refractivity contribution < 1.29 is 9.53 Å². The molecule has 4 rings (SSSR count). The van der Waals surface area contributed by atoms with Crippen molar-refractivity contribution in [2.75, 3.05) is 6.61 Å². The molecule has 2 heterocycles. The maximum atomic E-state index is 13.1. The molecule has 0 saturated heterocycles. The van der Waals surface area contributed by atoms with Crippen LogP contribution < -0.4 is 10.3 Å². The molecular formula is C23H20N2O3S. The summed E-state index contributed by atoms with van der Waals surface area (Å²) in [6.07, 6.45) is 1.45. The quantitative estimate of drug-likeness (QED) is 0.437. The monoisotopic (exact) mass is 404 g/mol. The van der Waals surface area contributed by atoms with Crippen molar-refractivity contribution in [2.24, 2.45) is 0 Å². The first kappa shape index (κ1) is 19.1. The molecular weight excluding hydrogens is 384 g/mol. The third-order valence-corrected chi connectivity index (χ3v) is 5.61. The molecule has 0 amide bonds. The van der Waals surface area contributed by atoms with Crippen LogP contribution in [0.15, 0.2) is 65.0 Å². The molecule has 0 aliphatic heterocycles. The Bertz CT molecular complexity index is 1220. The number of ketones is 1. The molecule has 0 N–H and O–H groups in total. The van der Waals surface area contributed by atoms with Crippen LogP contribution in [0.5, 0.6) is 5.75 Å². The first-order valence-corrected chi connectivity index (χ1v) is 10.2. The minimum Gasteiger partial charge on any atom is -0.494 e. The number of rotatable bonds is 6. The van der Waals surface area contributed by atoms with Crippen LogP contribution in [-0.2, 0) is 6.54 Å². The summed E-state index contributed by atoms with van der Waals surface area (Å²) in [5.41, 5.74) is 3.20. The normalized spacial score (nSPS) is 11.0. The van der Waals surface area contributed by atoms with Gasteiger partial charge in [-0.3, -0.25) is 14.2 Å². The lowest BCUT2D eigenvalue weighted by molar-refractivity contribution is 0.0970. The van der Waals surface area contributed by atoms with E-state index in [-0.39, 0.29) is 17.9 Å². The first-order chi connectivity index (χ1) is 14.1. The summed E-state index contributed by atoms with van der Waals surface area (Å²) in [5.74, 6) is 0.668. The third-order valence-electron chi connectivity index (χ3n) is 4.72. The van der Waals surface area contributed by atoms with Gasteiger partial charge in [-0.1, -0.05) is 42.0 Å². The molecule has 0 aliphatic rings. The van der Waals surface area contributed by atoms with E-state index in [0.717, 1.165) is 22.4 Å². The highest BCUT2D eigenvalue weighted by Gasteiger charge is 2.15. The first-order valence-electron chi connectivity index (χ1n) is 9.36. The second-order valence-corrected chi connectivity index (χ2v) is 7.61. The summed E-state index contributed by atoms with van der Waals surface area (Å²) in [5, 5.41) is 2.47. The van der Waals surface area contributed by atoms with Crippen molar-refractivity contribution >= 4 is 27.3 Å². The molecule has 0 fully saturated rings. The lowest BCUT2D eigenvalue weighted by Crippen LogP contribution is -2.24. The zero-order valence-corrected chi connectivity index (χ0v) is 17.0. The highest BCUT2D eigenvalue weighted by molar-refractivity contribution is 7.17. The lowest BCUT2D eigenvalue weighted by atomic mass is 10.1. The van der Waals surface area contributed by atoms with Gasteiger partial charge >= 0.3 is 0 Å². The summed E-state index contributed by atoms with van der Waals surface area (Å²) in [4.78, 5) is 30.8. The number of aromatic nitrogens is 2. The van der Waals surface area contributed by atoms with Gasteiger partial charge in [0, 0.05) is 16.5 Å². The van der Waals surface area contributed by atoms with Crippen LogP contribution in [0.3, 0.4) is 0 Å². The Hall–Kier alpha value is -3.25. The van der Waals surface area contributed by atoms with Gasteiger partial charge in [0.25, 0.3) is 5.56 Å². The van der Waals surface area contributed by atoms with E-state index in [0.29, 0.717) is 22.4 Å². The number of aryl methyl sites for hydroxylation is 1. The minimum absolute atomic E-state index is 0.0383. The summed E-state index contributed by atoms with van der Waals surface area (Å²) >= 11 is 1.42. The number of nitrogens with zero attached hydrogens (tertiary/aromatic N) is 2. The molecule has 0 unspecified atom stereocenters. The molecule has 0 bridgehead atoms. The van der Waals surface area contributed by atoms with Gasteiger partial charge < -0.3 is 4.74 Å². The maximum absolute atomic E-state index is 13.1. The highest BCUT2D eigenvalue weighted by Crippen LogP contribution is 2.31. The molecule has 0 spiro atoms. The van der Waals surface area contributed by atoms with E-state index in [9.17, 15) is 9.59 Å². The van der Waals surface area contributed by atoms with Gasteiger partial charge in [0.1, 0.15) is 10.6 Å². The van der Waals surface area contributed by atoms with Crippen molar-refractivity contribution in [2.45, 2.75) is 20.4 Å². The Kier molecular flexibility index (Phi) is 5.27. The standard InChI is InChI=1S/C23H20N2O3S/c1-3-28-18-10-8-16(9-11-18)19-13-29-22-21(19)23(27)25(14-24-22)12-20(26)17-6-4-15(2)5-7-17/h4-11,13-14H,3,12H2,1-2H3. The number of hydrogen-bond acceptors (Lipinski definition) is 5. The van der Waals surface area contributed by atoms with Crippen molar-refractivity contribution in [3.63, 3.8) is 0 Å². The SMILES string of the molecule is CCOc1ccc(-c2csc3ncn(CC(=O)c4ccc(C)cc4)c(=O)c23)cc1. The highest BCUT2D eigenvalue weighted by atomic mass is 32.1. The van der Waals surface area contributed by atoms with Crippen LogP contribution in [0.25, 0.3) is 21.3 Å². The van der Waals surface area contributed by atoms with Gasteiger partial charge in [-0.2, -0.15) is 0 Å². The average molecular weight is 404 g/mol. The number of carbonyl (C=O) groups excluding carboxylic acids is 1. The Morgan fingerprint density at radius 1 is 1.10 bits per heavy atom. The van der Waals surface area contributed by atoms with Gasteiger partial charge in [0.05, 0.1) is 24.9 Å². The van der Waals surface area contributed by atoms with Gasteiger partial charge in [0.2, 0.25) is 0 Å². The smallest absolute Gasteiger partial charge is 0.263 e. The number of carbonyl (C=O) groups is 1. The summed E-state index contributed by atoms with van der Waals surface area (Å²) in [6, 6.07) is 15.0. The zero-order chi connectivity index (χ0) is 20.4. The second kappa shape index (κ2) is 8.01. The van der Waals surface area contributed by atoms with Crippen molar-refractivity contribution in [3.8, 4) is 16.9 Å². The molecule has 146 valence electrons. The van der Waals surface area contributed by atoms with Crippen molar-refractivity contribution in [1.29, 1.82) is 0 Å². The molecule has 6 heteroatoms. The fourth-order valence-corrected chi connectivity index (χ4v) is 4.08. The summed E-state index contributed by atoms with van der Waals surface area (Å²) in [7, 11) is 0. The summed E-state index contributed by atoms with van der Waals surface area (Å²) in [6.45, 7) is 4.47. The minimum atomic E-state index is -0.208. The predicted octanol–water partition coefficient (Wildman–Crippen LogP) is 4.72. The number of benzene rings is 2.